The molecule has 3 unspecified atom stereocenters. The van der Waals surface area contributed by atoms with E-state index in [4.69, 9.17) is 0 Å². The Morgan fingerprint density at radius 2 is 1.71 bits per heavy atom. The van der Waals surface area contributed by atoms with E-state index in [0.717, 1.165) is 31.1 Å². The predicted molar refractivity (Wildman–Crippen MR) is 102 cm³/mol. The zero-order chi connectivity index (χ0) is 14.9. The minimum absolute atomic E-state index is 0. The summed E-state index contributed by atoms with van der Waals surface area (Å²) in [5, 5.41) is 6.93. The first-order valence-corrected chi connectivity index (χ1v) is 9.57. The summed E-state index contributed by atoms with van der Waals surface area (Å²) >= 11 is 0. The SMILES string of the molecule is Cl.Cl.O=C(NC1CCN(CC2CC2)CC1)C1CC2CCCCC2N1. The maximum Gasteiger partial charge on any atom is 0.237 e. The Morgan fingerprint density at radius 3 is 2.38 bits per heavy atom. The lowest BCUT2D eigenvalue weighted by molar-refractivity contribution is -0.123. The first-order chi connectivity index (χ1) is 10.8. The van der Waals surface area contributed by atoms with Crippen LogP contribution >= 0.6 is 24.8 Å². The molecule has 0 aromatic carbocycles. The Morgan fingerprint density at radius 1 is 1.00 bits per heavy atom. The molecule has 4 rings (SSSR count). The Kier molecular flexibility index (Phi) is 7.66. The van der Waals surface area contributed by atoms with E-state index in [2.05, 4.69) is 15.5 Å². The van der Waals surface area contributed by atoms with Crippen LogP contribution < -0.4 is 10.6 Å². The highest BCUT2D eigenvalue weighted by Gasteiger charge is 2.38. The van der Waals surface area contributed by atoms with Crippen LogP contribution in [-0.2, 0) is 4.79 Å². The van der Waals surface area contributed by atoms with Gasteiger partial charge in [0, 0.05) is 31.7 Å². The van der Waals surface area contributed by atoms with Crippen molar-refractivity contribution in [2.75, 3.05) is 19.6 Å². The van der Waals surface area contributed by atoms with Gasteiger partial charge in [-0.05, 0) is 56.8 Å². The second-order valence-electron chi connectivity index (χ2n) is 8.13. The van der Waals surface area contributed by atoms with Crippen LogP contribution in [0.5, 0.6) is 0 Å². The van der Waals surface area contributed by atoms with Crippen molar-refractivity contribution in [1.29, 1.82) is 0 Å². The smallest absolute Gasteiger partial charge is 0.237 e. The molecule has 2 aliphatic carbocycles. The van der Waals surface area contributed by atoms with E-state index >= 15 is 0 Å². The van der Waals surface area contributed by atoms with Crippen molar-refractivity contribution in [3.63, 3.8) is 0 Å². The number of amides is 1. The van der Waals surface area contributed by atoms with Crippen LogP contribution in [0.4, 0.5) is 0 Å². The van der Waals surface area contributed by atoms with Gasteiger partial charge in [-0.2, -0.15) is 0 Å². The number of hydrogen-bond donors (Lipinski definition) is 2. The molecule has 4 nitrogen and oxygen atoms in total. The molecule has 1 amide bonds. The lowest BCUT2D eigenvalue weighted by Gasteiger charge is -2.32. The first kappa shape index (κ1) is 20.3. The zero-order valence-electron chi connectivity index (χ0n) is 14.5. The summed E-state index contributed by atoms with van der Waals surface area (Å²) in [6.07, 6.45) is 11.5. The number of piperidine rings is 1. The van der Waals surface area contributed by atoms with E-state index in [-0.39, 0.29) is 36.8 Å². The average Bonchev–Trinajstić information content (AvgIpc) is 3.24. The highest BCUT2D eigenvalue weighted by atomic mass is 35.5. The fraction of sp³-hybridized carbons (Fsp3) is 0.944. The highest BCUT2D eigenvalue weighted by Crippen LogP contribution is 2.33. The molecule has 2 N–H and O–H groups in total. The predicted octanol–water partition coefficient (Wildman–Crippen LogP) is 2.74. The van der Waals surface area contributed by atoms with Gasteiger partial charge in [0.15, 0.2) is 0 Å². The summed E-state index contributed by atoms with van der Waals surface area (Å²) in [5.74, 6) is 2.01. The van der Waals surface area contributed by atoms with E-state index in [1.807, 2.05) is 0 Å². The lowest BCUT2D eigenvalue weighted by atomic mass is 9.85. The Balaban J connectivity index is 0.00000104. The lowest BCUT2D eigenvalue weighted by Crippen LogP contribution is -2.50. The number of rotatable bonds is 4. The van der Waals surface area contributed by atoms with E-state index in [1.54, 1.807) is 0 Å². The van der Waals surface area contributed by atoms with E-state index in [1.165, 1.54) is 58.2 Å². The van der Waals surface area contributed by atoms with E-state index < -0.39 is 0 Å². The summed E-state index contributed by atoms with van der Waals surface area (Å²) in [6, 6.07) is 1.11. The number of nitrogens with zero attached hydrogens (tertiary/aromatic N) is 1. The number of halogens is 2. The zero-order valence-corrected chi connectivity index (χ0v) is 16.2. The second kappa shape index (κ2) is 9.07. The normalized spacial score (nSPS) is 33.9. The van der Waals surface area contributed by atoms with Crippen molar-refractivity contribution < 1.29 is 4.79 Å². The molecule has 2 aliphatic heterocycles. The minimum atomic E-state index is 0. The molecule has 4 aliphatic rings. The van der Waals surface area contributed by atoms with Crippen LogP contribution in [0.2, 0.25) is 0 Å². The second-order valence-corrected chi connectivity index (χ2v) is 8.13. The van der Waals surface area contributed by atoms with Gasteiger partial charge in [0.25, 0.3) is 0 Å². The molecule has 3 atom stereocenters. The Labute approximate surface area is 158 Å². The van der Waals surface area contributed by atoms with Gasteiger partial charge in [-0.15, -0.1) is 24.8 Å². The van der Waals surface area contributed by atoms with Crippen LogP contribution in [0, 0.1) is 11.8 Å². The third kappa shape index (κ3) is 5.00. The summed E-state index contributed by atoms with van der Waals surface area (Å²) in [5.41, 5.74) is 0. The standard InChI is InChI=1S/C18H31N3O.2ClH/c22-18(17-11-14-3-1-2-4-16(14)20-17)19-15-7-9-21(10-8-15)12-13-5-6-13;;/h13-17,20H,1-12H2,(H,19,22);2*1H. The first-order valence-electron chi connectivity index (χ1n) is 9.57. The van der Waals surface area contributed by atoms with Gasteiger partial charge in [-0.3, -0.25) is 4.79 Å². The minimum Gasteiger partial charge on any atom is -0.352 e. The third-order valence-corrected chi connectivity index (χ3v) is 6.33. The number of nitrogens with one attached hydrogen (secondary N) is 2. The van der Waals surface area contributed by atoms with Crippen molar-refractivity contribution in [2.24, 2.45) is 11.8 Å². The van der Waals surface area contributed by atoms with Crippen molar-refractivity contribution in [1.82, 2.24) is 15.5 Å². The van der Waals surface area contributed by atoms with E-state index in [9.17, 15) is 4.79 Å². The molecule has 0 spiro atoms. The van der Waals surface area contributed by atoms with Crippen LogP contribution in [-0.4, -0.2) is 48.6 Å². The molecule has 140 valence electrons. The van der Waals surface area contributed by atoms with Crippen molar-refractivity contribution in [3.05, 3.63) is 0 Å². The number of likely N-dealkylation sites (tertiary alicyclic amines) is 1. The van der Waals surface area contributed by atoms with Crippen LogP contribution in [0.3, 0.4) is 0 Å². The largest absolute Gasteiger partial charge is 0.352 e. The maximum absolute atomic E-state index is 12.5. The molecule has 2 saturated carbocycles. The van der Waals surface area contributed by atoms with Crippen LogP contribution in [0.15, 0.2) is 0 Å². The van der Waals surface area contributed by atoms with Crippen LogP contribution in [0.25, 0.3) is 0 Å². The fourth-order valence-electron chi connectivity index (χ4n) is 4.75. The van der Waals surface area contributed by atoms with Gasteiger partial charge < -0.3 is 15.5 Å². The molecule has 0 aromatic heterocycles. The van der Waals surface area contributed by atoms with Gasteiger partial charge in [-0.1, -0.05) is 12.8 Å². The molecule has 4 fully saturated rings. The number of carbonyl (C=O) groups is 1. The summed E-state index contributed by atoms with van der Waals surface area (Å²) < 4.78 is 0. The van der Waals surface area contributed by atoms with Gasteiger partial charge in [0.05, 0.1) is 6.04 Å². The molecule has 24 heavy (non-hydrogen) atoms. The molecule has 0 aromatic rings. The van der Waals surface area contributed by atoms with Crippen LogP contribution in [0.1, 0.15) is 57.8 Å². The molecule has 0 bridgehead atoms. The van der Waals surface area contributed by atoms with Gasteiger partial charge in [0.1, 0.15) is 0 Å². The topological polar surface area (TPSA) is 44.4 Å². The summed E-state index contributed by atoms with van der Waals surface area (Å²) in [4.78, 5) is 15.1. The molecule has 6 heteroatoms. The van der Waals surface area contributed by atoms with Gasteiger partial charge in [0.2, 0.25) is 5.91 Å². The van der Waals surface area contributed by atoms with E-state index in [0.29, 0.717) is 12.1 Å². The molecule has 2 saturated heterocycles. The Bertz CT molecular complexity index is 397. The fourth-order valence-corrected chi connectivity index (χ4v) is 4.75. The molecule has 0 radical (unpaired) electrons. The maximum atomic E-state index is 12.5. The molecular formula is C18H33Cl2N3O. The molecular weight excluding hydrogens is 345 g/mol. The van der Waals surface area contributed by atoms with Crippen molar-refractivity contribution in [3.8, 4) is 0 Å². The van der Waals surface area contributed by atoms with Crippen molar-refractivity contribution in [2.45, 2.75) is 75.9 Å². The Hall–Kier alpha value is -0.0300. The summed E-state index contributed by atoms with van der Waals surface area (Å²) in [6.45, 7) is 3.64. The van der Waals surface area contributed by atoms with Crippen molar-refractivity contribution >= 4 is 30.7 Å². The summed E-state index contributed by atoms with van der Waals surface area (Å²) in [7, 11) is 0. The van der Waals surface area contributed by atoms with Gasteiger partial charge in [-0.25, -0.2) is 0 Å². The molecule has 2 heterocycles. The monoisotopic (exact) mass is 377 g/mol. The van der Waals surface area contributed by atoms with Gasteiger partial charge >= 0.3 is 0 Å². The quantitative estimate of drug-likeness (QED) is 0.791. The third-order valence-electron chi connectivity index (χ3n) is 6.33. The highest BCUT2D eigenvalue weighted by molar-refractivity contribution is 5.85. The number of carbonyl (C=O) groups excluding carboxylic acids is 1. The average molecular weight is 378 g/mol. The number of fused-ring (bicyclic) bond motifs is 1. The number of hydrogen-bond acceptors (Lipinski definition) is 3.